The molecule has 0 saturated heterocycles. The molecule has 0 unspecified atom stereocenters. The summed E-state index contributed by atoms with van der Waals surface area (Å²) in [6, 6.07) is 6.02. The number of rotatable bonds is 5. The number of ether oxygens (including phenoxy) is 1. The van der Waals surface area contributed by atoms with Crippen LogP contribution in [0.2, 0.25) is 0 Å². The fraction of sp³-hybridized carbons (Fsp3) is 0.500. The van der Waals surface area contributed by atoms with Gasteiger partial charge in [0.2, 0.25) is 0 Å². The van der Waals surface area contributed by atoms with Crippen LogP contribution in [-0.4, -0.2) is 16.7 Å². The van der Waals surface area contributed by atoms with Crippen molar-refractivity contribution >= 4 is 23.3 Å². The minimum Gasteiger partial charge on any atom is -0.497 e. The molecule has 0 spiro atoms. The normalized spacial score (nSPS) is 11.3. The van der Waals surface area contributed by atoms with Crippen LogP contribution >= 0.6 is 12.2 Å². The number of H-pyrrole nitrogens is 1. The van der Waals surface area contributed by atoms with E-state index in [9.17, 15) is 0 Å². The van der Waals surface area contributed by atoms with Gasteiger partial charge >= 0.3 is 0 Å². The molecule has 2 aromatic rings. The molecule has 0 aliphatic rings. The summed E-state index contributed by atoms with van der Waals surface area (Å²) < 4.78 is 8.26. The Balaban J connectivity index is 2.47. The highest BCUT2D eigenvalue weighted by molar-refractivity contribution is 7.71. The zero-order valence-electron chi connectivity index (χ0n) is 11.2. The second-order valence-electron chi connectivity index (χ2n) is 4.61. The summed E-state index contributed by atoms with van der Waals surface area (Å²) in [4.78, 5) is 3.25. The first-order valence-electron chi connectivity index (χ1n) is 6.46. The Kier molecular flexibility index (Phi) is 4.07. The Morgan fingerprint density at radius 3 is 2.67 bits per heavy atom. The average Bonchev–Trinajstić information content (AvgIpc) is 2.70. The predicted octanol–water partition coefficient (Wildman–Crippen LogP) is 4.14. The predicted molar refractivity (Wildman–Crippen MR) is 77.7 cm³/mol. The molecule has 1 aromatic heterocycles. The molecule has 0 fully saturated rings. The molecule has 4 heteroatoms. The molecular formula is C14H20N2OS. The van der Waals surface area contributed by atoms with Crippen LogP contribution in [0.5, 0.6) is 5.75 Å². The van der Waals surface area contributed by atoms with Crippen LogP contribution in [0.1, 0.15) is 26.7 Å². The van der Waals surface area contributed by atoms with Crippen LogP contribution < -0.4 is 4.74 Å². The largest absolute Gasteiger partial charge is 0.497 e. The Morgan fingerprint density at radius 2 is 2.06 bits per heavy atom. The average molecular weight is 264 g/mol. The van der Waals surface area contributed by atoms with Crippen LogP contribution in [-0.2, 0) is 6.54 Å². The molecule has 0 aliphatic carbocycles. The second kappa shape index (κ2) is 5.57. The highest BCUT2D eigenvalue weighted by Gasteiger charge is 2.10. The van der Waals surface area contributed by atoms with E-state index in [1.807, 2.05) is 18.2 Å². The molecule has 18 heavy (non-hydrogen) atoms. The van der Waals surface area contributed by atoms with Gasteiger partial charge in [-0.25, -0.2) is 0 Å². The van der Waals surface area contributed by atoms with Crippen molar-refractivity contribution in [2.45, 2.75) is 33.2 Å². The number of hydrogen-bond acceptors (Lipinski definition) is 2. The highest BCUT2D eigenvalue weighted by atomic mass is 32.1. The molecule has 1 N–H and O–H groups in total. The Hall–Kier alpha value is -1.29. The van der Waals surface area contributed by atoms with Gasteiger partial charge in [0.1, 0.15) is 5.75 Å². The van der Waals surface area contributed by atoms with Crippen LogP contribution in [0.3, 0.4) is 0 Å². The number of imidazole rings is 1. The first-order valence-corrected chi connectivity index (χ1v) is 6.87. The van der Waals surface area contributed by atoms with Gasteiger partial charge in [-0.15, -0.1) is 0 Å². The van der Waals surface area contributed by atoms with Crippen molar-refractivity contribution in [1.82, 2.24) is 9.55 Å². The van der Waals surface area contributed by atoms with E-state index in [2.05, 4.69) is 23.4 Å². The Morgan fingerprint density at radius 1 is 1.33 bits per heavy atom. The molecule has 3 nitrogen and oxygen atoms in total. The maximum Gasteiger partial charge on any atom is 0.178 e. The number of methoxy groups -OCH3 is 1. The van der Waals surface area contributed by atoms with Crippen LogP contribution in [0.25, 0.3) is 11.0 Å². The molecule has 0 saturated carbocycles. The van der Waals surface area contributed by atoms with Crippen LogP contribution in [0.4, 0.5) is 0 Å². The second-order valence-corrected chi connectivity index (χ2v) is 4.99. The topological polar surface area (TPSA) is 29.9 Å². The van der Waals surface area contributed by atoms with E-state index >= 15 is 0 Å². The Labute approximate surface area is 113 Å². The minimum atomic E-state index is 0.668. The third-order valence-electron chi connectivity index (χ3n) is 3.58. The van der Waals surface area contributed by atoms with Crippen molar-refractivity contribution < 1.29 is 4.74 Å². The van der Waals surface area contributed by atoms with Crippen molar-refractivity contribution in [2.24, 2.45) is 5.92 Å². The number of nitrogens with one attached hydrogen (secondary N) is 1. The zero-order chi connectivity index (χ0) is 13.1. The number of benzene rings is 1. The van der Waals surface area contributed by atoms with Gasteiger partial charge in [0.25, 0.3) is 0 Å². The fourth-order valence-electron chi connectivity index (χ4n) is 2.25. The van der Waals surface area contributed by atoms with E-state index in [0.29, 0.717) is 5.92 Å². The molecule has 98 valence electrons. The van der Waals surface area contributed by atoms with Gasteiger partial charge in [-0.1, -0.05) is 26.7 Å². The first kappa shape index (κ1) is 13.1. The van der Waals surface area contributed by atoms with E-state index < -0.39 is 0 Å². The van der Waals surface area contributed by atoms with Gasteiger partial charge < -0.3 is 14.3 Å². The van der Waals surface area contributed by atoms with E-state index in [-0.39, 0.29) is 0 Å². The maximum absolute atomic E-state index is 5.41. The lowest BCUT2D eigenvalue weighted by molar-refractivity contribution is 0.412. The lowest BCUT2D eigenvalue weighted by Gasteiger charge is -2.14. The lowest BCUT2D eigenvalue weighted by Crippen LogP contribution is -2.09. The highest BCUT2D eigenvalue weighted by Crippen LogP contribution is 2.22. The van der Waals surface area contributed by atoms with Gasteiger partial charge in [-0.05, 0) is 30.3 Å². The minimum absolute atomic E-state index is 0.668. The van der Waals surface area contributed by atoms with Crippen LogP contribution in [0, 0.1) is 10.7 Å². The fourth-order valence-corrected chi connectivity index (χ4v) is 2.53. The molecule has 1 aromatic carbocycles. The molecular weight excluding hydrogens is 244 g/mol. The SMILES string of the molecule is CCC(CC)Cn1c(=S)[nH]c2ccc(OC)cc21. The maximum atomic E-state index is 5.41. The van der Waals surface area contributed by atoms with Gasteiger partial charge in [0.15, 0.2) is 4.77 Å². The van der Waals surface area contributed by atoms with Gasteiger partial charge in [-0.2, -0.15) is 0 Å². The van der Waals surface area contributed by atoms with Crippen molar-refractivity contribution in [1.29, 1.82) is 0 Å². The Bertz CT molecular complexity index is 581. The summed E-state index contributed by atoms with van der Waals surface area (Å²) in [7, 11) is 1.69. The third kappa shape index (κ3) is 2.43. The van der Waals surface area contributed by atoms with Gasteiger partial charge in [-0.3, -0.25) is 0 Å². The number of aromatic amines is 1. The number of aromatic nitrogens is 2. The molecule has 2 rings (SSSR count). The first-order chi connectivity index (χ1) is 8.69. The molecule has 0 bridgehead atoms. The van der Waals surface area contributed by atoms with Crippen molar-refractivity contribution in [3.05, 3.63) is 23.0 Å². The van der Waals surface area contributed by atoms with E-state index in [1.54, 1.807) is 7.11 Å². The van der Waals surface area contributed by atoms with Gasteiger partial charge in [0, 0.05) is 12.6 Å². The van der Waals surface area contributed by atoms with Crippen molar-refractivity contribution in [2.75, 3.05) is 7.11 Å². The summed E-state index contributed by atoms with van der Waals surface area (Å²) in [5.74, 6) is 1.54. The smallest absolute Gasteiger partial charge is 0.178 e. The van der Waals surface area contributed by atoms with E-state index in [0.717, 1.165) is 28.1 Å². The quantitative estimate of drug-likeness (QED) is 0.822. The monoisotopic (exact) mass is 264 g/mol. The summed E-state index contributed by atoms with van der Waals surface area (Å²) in [6.07, 6.45) is 2.35. The lowest BCUT2D eigenvalue weighted by atomic mass is 10.0. The molecule has 0 radical (unpaired) electrons. The molecule has 0 aliphatic heterocycles. The molecule has 1 heterocycles. The van der Waals surface area contributed by atoms with E-state index in [4.69, 9.17) is 17.0 Å². The number of fused-ring (bicyclic) bond motifs is 1. The summed E-state index contributed by atoms with van der Waals surface area (Å²) >= 11 is 5.41. The molecule has 0 atom stereocenters. The molecule has 0 amide bonds. The number of nitrogens with zero attached hydrogens (tertiary/aromatic N) is 1. The summed E-state index contributed by atoms with van der Waals surface area (Å²) in [5, 5.41) is 0. The van der Waals surface area contributed by atoms with E-state index in [1.165, 1.54) is 12.8 Å². The van der Waals surface area contributed by atoms with Gasteiger partial charge in [0.05, 0.1) is 18.1 Å². The number of hydrogen-bond donors (Lipinski definition) is 1. The standard InChI is InChI=1S/C14H20N2OS/c1-4-10(5-2)9-16-13-8-11(17-3)6-7-12(13)15-14(16)18/h6-8,10H,4-5,9H2,1-3H3,(H,15,18). The zero-order valence-corrected chi connectivity index (χ0v) is 12.0. The summed E-state index contributed by atoms with van der Waals surface area (Å²) in [5.41, 5.74) is 2.21. The summed E-state index contributed by atoms with van der Waals surface area (Å²) in [6.45, 7) is 5.43. The van der Waals surface area contributed by atoms with Crippen molar-refractivity contribution in [3.63, 3.8) is 0 Å². The third-order valence-corrected chi connectivity index (χ3v) is 3.90. The van der Waals surface area contributed by atoms with Crippen molar-refractivity contribution in [3.8, 4) is 5.75 Å². The van der Waals surface area contributed by atoms with Crippen LogP contribution in [0.15, 0.2) is 18.2 Å².